The molecule has 22 heavy (non-hydrogen) atoms. The number of aliphatic carboxylic acids is 1. The van der Waals surface area contributed by atoms with Crippen molar-refractivity contribution in [3.8, 4) is 0 Å². The first kappa shape index (κ1) is 13.0. The molecule has 0 amide bonds. The third-order valence-electron chi connectivity index (χ3n) is 5.06. The lowest BCUT2D eigenvalue weighted by molar-refractivity contribution is -0.577. The minimum absolute atomic E-state index is 0.0877. The van der Waals surface area contributed by atoms with Gasteiger partial charge in [0, 0.05) is 22.0 Å². The first-order valence-corrected chi connectivity index (χ1v) is 7.14. The summed E-state index contributed by atoms with van der Waals surface area (Å²) in [7, 11) is 0. The van der Waals surface area contributed by atoms with E-state index in [0.717, 1.165) is 11.1 Å². The van der Waals surface area contributed by atoms with Crippen molar-refractivity contribution in [1.29, 1.82) is 0 Å². The number of nitrogens with zero attached hydrogens (tertiary/aromatic N) is 1. The highest BCUT2D eigenvalue weighted by molar-refractivity contribution is 5.77. The van der Waals surface area contributed by atoms with Crippen molar-refractivity contribution in [3.63, 3.8) is 0 Å². The summed E-state index contributed by atoms with van der Waals surface area (Å²) in [6, 6.07) is 14.4. The number of benzene rings is 2. The average Bonchev–Trinajstić information content (AvgIpc) is 2.54. The Hall–Kier alpha value is -2.69. The molecule has 2 aromatic carbocycles. The SMILES string of the molecule is O=C(O)[C@H]1CC2c3ccccc3C1([N+](=O)[O-])c1ccccc12. The van der Waals surface area contributed by atoms with Crippen LogP contribution in [0.4, 0.5) is 0 Å². The van der Waals surface area contributed by atoms with Gasteiger partial charge in [-0.2, -0.15) is 0 Å². The van der Waals surface area contributed by atoms with Gasteiger partial charge in [0.25, 0.3) is 5.54 Å². The van der Waals surface area contributed by atoms with E-state index in [1.54, 1.807) is 24.3 Å². The number of hydrogen-bond donors (Lipinski definition) is 1. The Morgan fingerprint density at radius 2 is 1.59 bits per heavy atom. The van der Waals surface area contributed by atoms with Gasteiger partial charge in [0.05, 0.1) is 0 Å². The third-order valence-corrected chi connectivity index (χ3v) is 5.06. The molecule has 5 heteroatoms. The van der Waals surface area contributed by atoms with E-state index in [9.17, 15) is 20.0 Å². The highest BCUT2D eigenvalue weighted by atomic mass is 16.6. The van der Waals surface area contributed by atoms with Crippen LogP contribution in [0.5, 0.6) is 0 Å². The molecule has 0 fully saturated rings. The fourth-order valence-corrected chi connectivity index (χ4v) is 4.25. The van der Waals surface area contributed by atoms with Crippen LogP contribution in [0.3, 0.4) is 0 Å². The molecule has 3 aliphatic carbocycles. The lowest BCUT2D eigenvalue weighted by atomic mass is 9.55. The Bertz CT molecular complexity index is 766. The van der Waals surface area contributed by atoms with E-state index in [0.29, 0.717) is 11.1 Å². The fourth-order valence-electron chi connectivity index (χ4n) is 4.25. The zero-order valence-corrected chi connectivity index (χ0v) is 11.6. The van der Waals surface area contributed by atoms with E-state index >= 15 is 0 Å². The van der Waals surface area contributed by atoms with Crippen LogP contribution in [0.25, 0.3) is 0 Å². The number of fused-ring (bicyclic) bond motifs is 1. The van der Waals surface area contributed by atoms with Crippen LogP contribution in [-0.4, -0.2) is 16.0 Å². The Morgan fingerprint density at radius 3 is 2.05 bits per heavy atom. The largest absolute Gasteiger partial charge is 0.481 e. The van der Waals surface area contributed by atoms with Gasteiger partial charge in [-0.05, 0) is 17.5 Å². The third kappa shape index (κ3) is 1.31. The Balaban J connectivity index is 2.16. The molecular formula is C17H13NO4. The van der Waals surface area contributed by atoms with Crippen molar-refractivity contribution in [2.45, 2.75) is 17.9 Å². The smallest absolute Gasteiger partial charge is 0.314 e. The first-order valence-electron chi connectivity index (χ1n) is 7.14. The second-order valence-corrected chi connectivity index (χ2v) is 5.88. The molecule has 0 unspecified atom stereocenters. The van der Waals surface area contributed by atoms with E-state index in [1.165, 1.54) is 0 Å². The molecule has 2 aromatic rings. The minimum atomic E-state index is -1.69. The summed E-state index contributed by atoms with van der Waals surface area (Å²) in [5, 5.41) is 21.7. The Morgan fingerprint density at radius 1 is 1.09 bits per heavy atom. The second kappa shape index (κ2) is 4.16. The molecule has 0 saturated heterocycles. The number of carboxylic acids is 1. The zero-order chi connectivity index (χ0) is 15.5. The van der Waals surface area contributed by atoms with Crippen molar-refractivity contribution < 1.29 is 14.8 Å². The molecule has 5 nitrogen and oxygen atoms in total. The predicted molar refractivity (Wildman–Crippen MR) is 78.2 cm³/mol. The van der Waals surface area contributed by atoms with Gasteiger partial charge >= 0.3 is 5.97 Å². The van der Waals surface area contributed by atoms with Crippen LogP contribution in [0.15, 0.2) is 48.5 Å². The number of hydrogen-bond acceptors (Lipinski definition) is 3. The van der Waals surface area contributed by atoms with Gasteiger partial charge in [0.1, 0.15) is 5.92 Å². The molecule has 0 spiro atoms. The maximum Gasteiger partial charge on any atom is 0.314 e. The standard InChI is InChI=1S/C17H13NO4/c19-16(20)15-9-12-10-5-1-3-7-13(10)17(15,18(21)22)14-8-4-2-6-11(12)14/h1-8,12,15H,9H2,(H,19,20)/t12?,15-,17?/m1/s1. The quantitative estimate of drug-likeness (QED) is 0.682. The van der Waals surface area contributed by atoms with E-state index in [-0.39, 0.29) is 12.3 Å². The molecule has 0 aromatic heterocycles. The summed E-state index contributed by atoms with van der Waals surface area (Å²) >= 11 is 0. The number of nitro groups is 1. The minimum Gasteiger partial charge on any atom is -0.481 e. The summed E-state index contributed by atoms with van der Waals surface area (Å²) in [6.07, 6.45) is 0.268. The molecule has 1 N–H and O–H groups in total. The summed E-state index contributed by atoms with van der Waals surface area (Å²) in [6.45, 7) is 0. The van der Waals surface area contributed by atoms with Crippen molar-refractivity contribution >= 4 is 5.97 Å². The summed E-state index contributed by atoms with van der Waals surface area (Å²) in [5.41, 5.74) is 1.14. The van der Waals surface area contributed by atoms with Crippen molar-refractivity contribution in [2.24, 2.45) is 5.92 Å². The van der Waals surface area contributed by atoms with E-state index in [1.807, 2.05) is 24.3 Å². The van der Waals surface area contributed by atoms with E-state index in [4.69, 9.17) is 0 Å². The fraction of sp³-hybridized carbons (Fsp3) is 0.235. The Labute approximate surface area is 126 Å². The van der Waals surface area contributed by atoms with Crippen LogP contribution in [-0.2, 0) is 10.3 Å². The van der Waals surface area contributed by atoms with E-state index < -0.39 is 22.3 Å². The maximum absolute atomic E-state index is 12.1. The summed E-state index contributed by atoms with van der Waals surface area (Å²) < 4.78 is 0. The van der Waals surface area contributed by atoms with Gasteiger partial charge in [-0.15, -0.1) is 0 Å². The van der Waals surface area contributed by atoms with Crippen LogP contribution in [0, 0.1) is 16.0 Å². The lowest BCUT2D eigenvalue weighted by Gasteiger charge is -2.46. The first-order chi connectivity index (χ1) is 10.6. The van der Waals surface area contributed by atoms with Gasteiger partial charge in [0.15, 0.2) is 0 Å². The van der Waals surface area contributed by atoms with Crippen LogP contribution in [0.1, 0.15) is 34.6 Å². The van der Waals surface area contributed by atoms with Crippen LogP contribution < -0.4 is 0 Å². The Kier molecular flexibility index (Phi) is 2.46. The maximum atomic E-state index is 12.1. The highest BCUT2D eigenvalue weighted by Gasteiger charge is 2.65. The normalized spacial score (nSPS) is 27.8. The summed E-state index contributed by atoms with van der Waals surface area (Å²) in [5.74, 6) is -2.24. The van der Waals surface area contributed by atoms with Gasteiger partial charge in [-0.1, -0.05) is 48.5 Å². The van der Waals surface area contributed by atoms with E-state index in [2.05, 4.69) is 0 Å². The van der Waals surface area contributed by atoms with Gasteiger partial charge in [0.2, 0.25) is 0 Å². The molecule has 0 radical (unpaired) electrons. The zero-order valence-electron chi connectivity index (χ0n) is 11.6. The van der Waals surface area contributed by atoms with Gasteiger partial charge < -0.3 is 5.11 Å². The number of carboxylic acid groups (broad SMARTS) is 1. The molecule has 1 atom stereocenters. The molecule has 0 heterocycles. The molecule has 110 valence electrons. The summed E-state index contributed by atoms with van der Waals surface area (Å²) in [4.78, 5) is 23.5. The molecule has 0 aliphatic heterocycles. The molecule has 5 rings (SSSR count). The van der Waals surface area contributed by atoms with Crippen LogP contribution in [0.2, 0.25) is 0 Å². The van der Waals surface area contributed by atoms with Crippen LogP contribution >= 0.6 is 0 Å². The molecule has 0 saturated carbocycles. The van der Waals surface area contributed by atoms with Crippen molar-refractivity contribution in [2.75, 3.05) is 0 Å². The van der Waals surface area contributed by atoms with Crippen molar-refractivity contribution in [1.82, 2.24) is 0 Å². The lowest BCUT2D eigenvalue weighted by Crippen LogP contribution is -2.54. The molecule has 3 aliphatic rings. The van der Waals surface area contributed by atoms with Crippen molar-refractivity contribution in [3.05, 3.63) is 80.9 Å². The highest BCUT2D eigenvalue weighted by Crippen LogP contribution is 2.59. The second-order valence-electron chi connectivity index (χ2n) is 5.88. The predicted octanol–water partition coefficient (Wildman–Crippen LogP) is 2.76. The number of carbonyl (C=O) groups is 1. The van der Waals surface area contributed by atoms with Gasteiger partial charge in [-0.3, -0.25) is 14.9 Å². The average molecular weight is 295 g/mol. The molecule has 2 bridgehead atoms. The number of rotatable bonds is 2. The monoisotopic (exact) mass is 295 g/mol. The topological polar surface area (TPSA) is 80.4 Å². The van der Waals surface area contributed by atoms with Gasteiger partial charge in [-0.25, -0.2) is 0 Å². The molecular weight excluding hydrogens is 282 g/mol.